The van der Waals surface area contributed by atoms with E-state index in [1.807, 2.05) is 6.07 Å². The Morgan fingerprint density at radius 2 is 2.20 bits per heavy atom. The van der Waals surface area contributed by atoms with Gasteiger partial charge in [0.2, 0.25) is 0 Å². The highest BCUT2D eigenvalue weighted by molar-refractivity contribution is 5.64. The Hall–Kier alpha value is -2.34. The third-order valence-corrected chi connectivity index (χ3v) is 3.09. The number of benzene rings is 1. The Balaban J connectivity index is 2.32. The standard InChI is InChI=1S/C14H16N2O4/c1-10(17)12-3-4-13(14(7-12)16(18)19)15(2)8-11-5-6-20-9-11/h3-7,9-10,17H,8H2,1-2H3/t10-/m0/s1. The summed E-state index contributed by atoms with van der Waals surface area (Å²) < 4.78 is 4.99. The second-order valence-corrected chi connectivity index (χ2v) is 4.67. The highest BCUT2D eigenvalue weighted by Crippen LogP contribution is 2.31. The third kappa shape index (κ3) is 2.97. The van der Waals surface area contributed by atoms with E-state index in [1.165, 1.54) is 6.07 Å². The Bertz CT molecular complexity index is 593. The summed E-state index contributed by atoms with van der Waals surface area (Å²) in [6.07, 6.45) is 2.43. The molecule has 0 amide bonds. The lowest BCUT2D eigenvalue weighted by Gasteiger charge is -2.19. The molecule has 0 radical (unpaired) electrons. The van der Waals surface area contributed by atoms with Crippen LogP contribution in [-0.2, 0) is 6.54 Å². The van der Waals surface area contributed by atoms with Gasteiger partial charge in [0, 0.05) is 25.2 Å². The van der Waals surface area contributed by atoms with Crippen molar-refractivity contribution in [2.45, 2.75) is 19.6 Å². The zero-order valence-electron chi connectivity index (χ0n) is 11.3. The van der Waals surface area contributed by atoms with Crippen LogP contribution >= 0.6 is 0 Å². The number of hydrogen-bond donors (Lipinski definition) is 1. The van der Waals surface area contributed by atoms with Crippen LogP contribution in [0.3, 0.4) is 0 Å². The van der Waals surface area contributed by atoms with Crippen LogP contribution in [0.25, 0.3) is 0 Å². The molecule has 0 fully saturated rings. The maximum Gasteiger partial charge on any atom is 0.292 e. The van der Waals surface area contributed by atoms with E-state index in [9.17, 15) is 15.2 Å². The van der Waals surface area contributed by atoms with Gasteiger partial charge in [-0.1, -0.05) is 6.07 Å². The lowest BCUT2D eigenvalue weighted by Crippen LogP contribution is -2.17. The zero-order valence-corrected chi connectivity index (χ0v) is 11.3. The number of nitro benzene ring substituents is 1. The van der Waals surface area contributed by atoms with Gasteiger partial charge in [-0.25, -0.2) is 0 Å². The van der Waals surface area contributed by atoms with Crippen LogP contribution in [0, 0.1) is 10.1 Å². The molecule has 1 heterocycles. The minimum absolute atomic E-state index is 0.0191. The van der Waals surface area contributed by atoms with E-state index in [0.717, 1.165) is 5.56 Å². The molecule has 1 aromatic heterocycles. The molecule has 0 aliphatic rings. The number of aliphatic hydroxyl groups is 1. The first kappa shape index (κ1) is 14.1. The van der Waals surface area contributed by atoms with Gasteiger partial charge in [-0.3, -0.25) is 10.1 Å². The summed E-state index contributed by atoms with van der Waals surface area (Å²) in [6.45, 7) is 2.08. The Morgan fingerprint density at radius 3 is 2.75 bits per heavy atom. The highest BCUT2D eigenvalue weighted by atomic mass is 16.6. The summed E-state index contributed by atoms with van der Waals surface area (Å²) >= 11 is 0. The van der Waals surface area contributed by atoms with E-state index in [4.69, 9.17) is 4.42 Å². The summed E-state index contributed by atoms with van der Waals surface area (Å²) in [5, 5.41) is 20.7. The predicted molar refractivity (Wildman–Crippen MR) is 74.5 cm³/mol. The van der Waals surface area contributed by atoms with Gasteiger partial charge >= 0.3 is 0 Å². The fourth-order valence-corrected chi connectivity index (χ4v) is 2.01. The van der Waals surface area contributed by atoms with Crippen LogP contribution in [0.15, 0.2) is 41.2 Å². The average Bonchev–Trinajstić information content (AvgIpc) is 2.90. The van der Waals surface area contributed by atoms with Crippen LogP contribution in [-0.4, -0.2) is 17.1 Å². The first-order valence-corrected chi connectivity index (χ1v) is 6.17. The zero-order chi connectivity index (χ0) is 14.7. The molecular formula is C14H16N2O4. The fourth-order valence-electron chi connectivity index (χ4n) is 2.01. The Morgan fingerprint density at radius 1 is 1.45 bits per heavy atom. The topological polar surface area (TPSA) is 79.8 Å². The molecule has 2 rings (SSSR count). The molecule has 1 N–H and O–H groups in total. The molecule has 1 atom stereocenters. The minimum atomic E-state index is -0.734. The van der Waals surface area contributed by atoms with Crippen molar-refractivity contribution < 1.29 is 14.4 Å². The van der Waals surface area contributed by atoms with Crippen LogP contribution in [0.5, 0.6) is 0 Å². The van der Waals surface area contributed by atoms with Gasteiger partial charge in [0.05, 0.1) is 23.6 Å². The maximum absolute atomic E-state index is 11.2. The van der Waals surface area contributed by atoms with E-state index >= 15 is 0 Å². The quantitative estimate of drug-likeness (QED) is 0.671. The number of rotatable bonds is 5. The van der Waals surface area contributed by atoms with Crippen molar-refractivity contribution in [1.82, 2.24) is 0 Å². The summed E-state index contributed by atoms with van der Waals surface area (Å²) in [5.74, 6) is 0. The highest BCUT2D eigenvalue weighted by Gasteiger charge is 2.19. The van der Waals surface area contributed by atoms with Crippen molar-refractivity contribution >= 4 is 11.4 Å². The van der Waals surface area contributed by atoms with Crippen molar-refractivity contribution in [3.8, 4) is 0 Å². The average molecular weight is 276 g/mol. The van der Waals surface area contributed by atoms with Crippen molar-refractivity contribution in [1.29, 1.82) is 0 Å². The minimum Gasteiger partial charge on any atom is -0.472 e. The summed E-state index contributed by atoms with van der Waals surface area (Å²) in [6, 6.07) is 6.57. The molecule has 2 aromatic rings. The second kappa shape index (κ2) is 5.75. The van der Waals surface area contributed by atoms with E-state index in [0.29, 0.717) is 17.8 Å². The van der Waals surface area contributed by atoms with E-state index < -0.39 is 11.0 Å². The Kier molecular flexibility index (Phi) is 4.05. The largest absolute Gasteiger partial charge is 0.472 e. The molecule has 6 heteroatoms. The molecule has 0 saturated heterocycles. The SMILES string of the molecule is C[C@H](O)c1ccc(N(C)Cc2ccoc2)c([N+](=O)[O-])c1. The number of nitrogens with zero attached hydrogens (tertiary/aromatic N) is 2. The van der Waals surface area contributed by atoms with E-state index in [2.05, 4.69) is 0 Å². The molecule has 6 nitrogen and oxygen atoms in total. The normalized spacial score (nSPS) is 12.2. The molecule has 0 aliphatic heterocycles. The first-order chi connectivity index (χ1) is 9.49. The molecule has 0 aliphatic carbocycles. The van der Waals surface area contributed by atoms with Crippen LogP contribution in [0.1, 0.15) is 24.2 Å². The molecule has 0 bridgehead atoms. The second-order valence-electron chi connectivity index (χ2n) is 4.67. The van der Waals surface area contributed by atoms with E-state index in [1.54, 1.807) is 43.5 Å². The lowest BCUT2D eigenvalue weighted by atomic mass is 10.1. The molecule has 20 heavy (non-hydrogen) atoms. The molecule has 1 aromatic carbocycles. The number of anilines is 1. The van der Waals surface area contributed by atoms with E-state index in [-0.39, 0.29) is 5.69 Å². The number of nitro groups is 1. The van der Waals surface area contributed by atoms with Gasteiger partial charge in [-0.15, -0.1) is 0 Å². The summed E-state index contributed by atoms with van der Waals surface area (Å²) in [7, 11) is 1.78. The van der Waals surface area contributed by atoms with Gasteiger partial charge in [0.1, 0.15) is 5.69 Å². The predicted octanol–water partition coefficient (Wildman–Crippen LogP) is 2.88. The first-order valence-electron chi connectivity index (χ1n) is 6.17. The molecular weight excluding hydrogens is 260 g/mol. The van der Waals surface area contributed by atoms with Crippen molar-refractivity contribution in [3.05, 3.63) is 58.0 Å². The van der Waals surface area contributed by atoms with Crippen LogP contribution < -0.4 is 4.90 Å². The van der Waals surface area contributed by atoms with Gasteiger partial charge in [0.15, 0.2) is 0 Å². The molecule has 106 valence electrons. The van der Waals surface area contributed by atoms with Crippen molar-refractivity contribution in [2.75, 3.05) is 11.9 Å². The molecule has 0 unspecified atom stereocenters. The van der Waals surface area contributed by atoms with Gasteiger partial charge in [-0.2, -0.15) is 0 Å². The number of hydrogen-bond acceptors (Lipinski definition) is 5. The third-order valence-electron chi connectivity index (χ3n) is 3.09. The molecule has 0 spiro atoms. The van der Waals surface area contributed by atoms with Gasteiger partial charge in [-0.05, 0) is 24.6 Å². The van der Waals surface area contributed by atoms with Crippen molar-refractivity contribution in [3.63, 3.8) is 0 Å². The van der Waals surface area contributed by atoms with Crippen molar-refractivity contribution in [2.24, 2.45) is 0 Å². The number of aliphatic hydroxyl groups excluding tert-OH is 1. The lowest BCUT2D eigenvalue weighted by molar-refractivity contribution is -0.384. The number of furan rings is 1. The smallest absolute Gasteiger partial charge is 0.292 e. The van der Waals surface area contributed by atoms with Crippen LogP contribution in [0.2, 0.25) is 0 Å². The van der Waals surface area contributed by atoms with Crippen LogP contribution in [0.4, 0.5) is 11.4 Å². The monoisotopic (exact) mass is 276 g/mol. The maximum atomic E-state index is 11.2. The van der Waals surface area contributed by atoms with Gasteiger partial charge in [0.25, 0.3) is 5.69 Å². The summed E-state index contributed by atoms with van der Waals surface area (Å²) in [5.41, 5.74) is 1.94. The Labute approximate surface area is 116 Å². The van der Waals surface area contributed by atoms with Gasteiger partial charge < -0.3 is 14.4 Å². The fraction of sp³-hybridized carbons (Fsp3) is 0.286. The summed E-state index contributed by atoms with van der Waals surface area (Å²) in [4.78, 5) is 12.5. The molecule has 0 saturated carbocycles.